The molecule has 0 radical (unpaired) electrons. The molecule has 0 bridgehead atoms. The second kappa shape index (κ2) is 16.0. The first-order valence-electron chi connectivity index (χ1n) is 16.3. The lowest BCUT2D eigenvalue weighted by atomic mass is 9.82. The molecular formula is C35H39F5N6O5S. The maximum atomic E-state index is 16.1. The number of likely N-dealkylation sites (N-methyl/N-ethyl adjacent to an activating group) is 1. The molecule has 1 aliphatic heterocycles. The van der Waals surface area contributed by atoms with E-state index in [1.807, 2.05) is 4.90 Å². The lowest BCUT2D eigenvalue weighted by Gasteiger charge is -2.49. The van der Waals surface area contributed by atoms with Crippen LogP contribution in [0.3, 0.4) is 0 Å². The van der Waals surface area contributed by atoms with Crippen molar-refractivity contribution in [3.05, 3.63) is 95.7 Å². The molecule has 2 aromatic heterocycles. The van der Waals surface area contributed by atoms with E-state index in [4.69, 9.17) is 9.47 Å². The molecule has 17 heteroatoms. The predicted octanol–water partition coefficient (Wildman–Crippen LogP) is 5.48. The lowest BCUT2D eigenvalue weighted by Crippen LogP contribution is -2.58. The van der Waals surface area contributed by atoms with E-state index in [-0.39, 0.29) is 49.1 Å². The van der Waals surface area contributed by atoms with Crippen LogP contribution < -0.4 is 18.7 Å². The topological polar surface area (TPSA) is 121 Å². The Bertz CT molecular complexity index is 1930. The number of nitrogens with zero attached hydrogens (tertiary/aromatic N) is 6. The number of benzene rings is 2. The summed E-state index contributed by atoms with van der Waals surface area (Å²) in [6.07, 6.45) is -0.575. The maximum Gasteiger partial charge on any atom is 0.433 e. The van der Waals surface area contributed by atoms with Crippen LogP contribution in [0.5, 0.6) is 11.5 Å². The van der Waals surface area contributed by atoms with Crippen molar-refractivity contribution in [2.45, 2.75) is 48.8 Å². The third-order valence-electron chi connectivity index (χ3n) is 9.27. The Morgan fingerprint density at radius 3 is 2.42 bits per heavy atom. The highest BCUT2D eigenvalue weighted by Gasteiger charge is 2.40. The van der Waals surface area contributed by atoms with E-state index in [0.29, 0.717) is 37.1 Å². The molecule has 1 N–H and O–H groups in total. The van der Waals surface area contributed by atoms with Crippen molar-refractivity contribution >= 4 is 21.5 Å². The van der Waals surface area contributed by atoms with Crippen LogP contribution in [0.4, 0.5) is 33.5 Å². The van der Waals surface area contributed by atoms with Gasteiger partial charge >= 0.3 is 6.18 Å². The summed E-state index contributed by atoms with van der Waals surface area (Å²) in [5, 5.41) is 9.76. The van der Waals surface area contributed by atoms with Gasteiger partial charge in [0.25, 0.3) is 10.0 Å². The van der Waals surface area contributed by atoms with Gasteiger partial charge in [0, 0.05) is 60.4 Å². The van der Waals surface area contributed by atoms with Crippen molar-refractivity contribution in [3.63, 3.8) is 0 Å². The van der Waals surface area contributed by atoms with Crippen LogP contribution in [0.1, 0.15) is 36.2 Å². The average molecular weight is 751 g/mol. The van der Waals surface area contributed by atoms with E-state index >= 15 is 8.78 Å². The smallest absolute Gasteiger partial charge is 0.433 e. The molecule has 11 nitrogen and oxygen atoms in total. The van der Waals surface area contributed by atoms with E-state index in [1.54, 1.807) is 30.1 Å². The summed E-state index contributed by atoms with van der Waals surface area (Å²) in [6, 6.07) is 11.6. The van der Waals surface area contributed by atoms with Gasteiger partial charge in [-0.25, -0.2) is 36.5 Å². The van der Waals surface area contributed by atoms with Crippen molar-refractivity contribution in [2.24, 2.45) is 0 Å². The first kappa shape index (κ1) is 38.6. The molecule has 3 heterocycles. The highest BCUT2D eigenvalue weighted by molar-refractivity contribution is 7.92. The van der Waals surface area contributed by atoms with E-state index < -0.39 is 50.5 Å². The number of hydrogen-bond donors (Lipinski definition) is 1. The normalized spacial score (nSPS) is 16.6. The van der Waals surface area contributed by atoms with Crippen LogP contribution in [0.25, 0.3) is 0 Å². The fraction of sp³-hybridized carbons (Fsp3) is 0.400. The Labute approximate surface area is 298 Å². The maximum absolute atomic E-state index is 16.1. The molecule has 1 saturated heterocycles. The number of aliphatic hydroxyl groups is 1. The number of piperidine rings is 1. The Hall–Kier alpha value is -4.61. The molecule has 2 aromatic carbocycles. The fourth-order valence-corrected chi connectivity index (χ4v) is 8.00. The Kier molecular flexibility index (Phi) is 11.9. The highest BCUT2D eigenvalue weighted by Crippen LogP contribution is 2.37. The summed E-state index contributed by atoms with van der Waals surface area (Å²) >= 11 is 0. The van der Waals surface area contributed by atoms with Gasteiger partial charge in [-0.3, -0.25) is 4.90 Å². The number of aromatic nitrogens is 3. The minimum Gasteiger partial charge on any atom is -0.497 e. The molecule has 1 fully saturated rings. The standard InChI is InChI=1S/C35H39F5N6O5S/c1-44(16-17-47)34(13-10-25-6-4-7-31(43-25)35(38,39)40)12-5-15-45(22-34)26-18-28(36)33(29(37)19-26)52(48,49)46(32-11-14-41-23-42-32)21-24-8-9-27(50-2)20-30(24)51-3/h4,6-9,11,14,18-20,23,47H,5,10,12-13,15-17,21-22H2,1-3H3/t34-/m0/s1. The van der Waals surface area contributed by atoms with E-state index in [9.17, 15) is 26.7 Å². The molecular weight excluding hydrogens is 711 g/mol. The highest BCUT2D eigenvalue weighted by atomic mass is 32.2. The van der Waals surface area contributed by atoms with Gasteiger partial charge in [0.05, 0.1) is 27.4 Å². The molecule has 0 saturated carbocycles. The zero-order chi connectivity index (χ0) is 37.7. The molecule has 0 aliphatic carbocycles. The number of β-amino-alcohol motifs (C(OH)–C–C–N with tert-alkyl or cyclic N) is 1. The third-order valence-corrected chi connectivity index (χ3v) is 11.1. The average Bonchev–Trinajstić information content (AvgIpc) is 3.12. The number of rotatable bonds is 14. The van der Waals surface area contributed by atoms with Crippen molar-refractivity contribution in [1.29, 1.82) is 0 Å². The van der Waals surface area contributed by atoms with Crippen molar-refractivity contribution in [1.82, 2.24) is 19.9 Å². The Morgan fingerprint density at radius 2 is 1.79 bits per heavy atom. The Morgan fingerprint density at radius 1 is 1.04 bits per heavy atom. The molecule has 52 heavy (non-hydrogen) atoms. The zero-order valence-electron chi connectivity index (χ0n) is 28.8. The number of sulfonamides is 1. The van der Waals surface area contributed by atoms with Gasteiger partial charge in [0.2, 0.25) is 0 Å². The monoisotopic (exact) mass is 750 g/mol. The molecule has 5 rings (SSSR count). The summed E-state index contributed by atoms with van der Waals surface area (Å²) in [4.78, 5) is 14.1. The quantitative estimate of drug-likeness (QED) is 0.166. The van der Waals surface area contributed by atoms with Gasteiger partial charge in [0.1, 0.15) is 41.0 Å². The Balaban J connectivity index is 1.47. The van der Waals surface area contributed by atoms with E-state index in [2.05, 4.69) is 15.0 Å². The largest absolute Gasteiger partial charge is 0.497 e. The summed E-state index contributed by atoms with van der Waals surface area (Å²) in [5.41, 5.74) is -1.06. The summed E-state index contributed by atoms with van der Waals surface area (Å²) in [6.45, 7) is 0.200. The first-order chi connectivity index (χ1) is 24.7. The minimum absolute atomic E-state index is 0.0815. The molecule has 0 amide bonds. The van der Waals surface area contributed by atoms with Gasteiger partial charge in [-0.2, -0.15) is 13.2 Å². The number of ether oxygens (including phenoxy) is 2. The fourth-order valence-electron chi connectivity index (χ4n) is 6.51. The minimum atomic E-state index is -4.93. The number of alkyl halides is 3. The van der Waals surface area contributed by atoms with Crippen LogP contribution in [-0.4, -0.2) is 86.4 Å². The summed E-state index contributed by atoms with van der Waals surface area (Å²) in [5.74, 6) is -2.08. The molecule has 1 aliphatic rings. The lowest BCUT2D eigenvalue weighted by molar-refractivity contribution is -0.141. The third kappa shape index (κ3) is 8.37. The van der Waals surface area contributed by atoms with Gasteiger partial charge < -0.3 is 19.5 Å². The number of aryl methyl sites for hydroxylation is 1. The number of methoxy groups -OCH3 is 2. The zero-order valence-corrected chi connectivity index (χ0v) is 29.6. The molecule has 280 valence electrons. The number of halogens is 5. The van der Waals surface area contributed by atoms with Crippen molar-refractivity contribution in [2.75, 3.05) is 56.7 Å². The van der Waals surface area contributed by atoms with Crippen LogP contribution in [0, 0.1) is 11.6 Å². The van der Waals surface area contributed by atoms with Gasteiger partial charge in [0.15, 0.2) is 4.90 Å². The SMILES string of the molecule is COc1ccc(CN(c2ccncn2)S(=O)(=O)c2c(F)cc(N3CCC[C@@](CCc4cccc(C(F)(F)F)n4)(N(C)CCO)C3)cc2F)c(OC)c1. The van der Waals surface area contributed by atoms with Gasteiger partial charge in [-0.1, -0.05) is 6.07 Å². The van der Waals surface area contributed by atoms with Crippen LogP contribution in [0.15, 0.2) is 72.0 Å². The first-order valence-corrected chi connectivity index (χ1v) is 17.8. The van der Waals surface area contributed by atoms with Gasteiger partial charge in [-0.15, -0.1) is 0 Å². The number of anilines is 2. The number of pyridine rings is 1. The van der Waals surface area contributed by atoms with Gasteiger partial charge in [-0.05, 0) is 69.1 Å². The molecule has 0 unspecified atom stereocenters. The van der Waals surface area contributed by atoms with Crippen molar-refractivity contribution in [3.8, 4) is 11.5 Å². The number of hydrogen-bond acceptors (Lipinski definition) is 10. The van der Waals surface area contributed by atoms with Crippen LogP contribution in [0.2, 0.25) is 0 Å². The molecule has 1 atom stereocenters. The summed E-state index contributed by atoms with van der Waals surface area (Å²) < 4.78 is 112. The summed E-state index contributed by atoms with van der Waals surface area (Å²) in [7, 11) is -0.318. The second-order valence-corrected chi connectivity index (χ2v) is 14.2. The van der Waals surface area contributed by atoms with Crippen molar-refractivity contribution < 1.29 is 45.0 Å². The molecule has 4 aromatic rings. The predicted molar refractivity (Wildman–Crippen MR) is 183 cm³/mol. The van der Waals surface area contributed by atoms with Crippen LogP contribution >= 0.6 is 0 Å². The van der Waals surface area contributed by atoms with E-state index in [0.717, 1.165) is 28.8 Å². The second-order valence-electron chi connectivity index (χ2n) is 12.4. The van der Waals surface area contributed by atoms with E-state index in [1.165, 1.54) is 38.6 Å². The number of aliphatic hydroxyl groups excluding tert-OH is 1. The molecule has 0 spiro atoms. The van der Waals surface area contributed by atoms with Crippen LogP contribution in [-0.2, 0) is 29.2 Å².